The number of aromatic nitrogens is 1. The molecule has 0 radical (unpaired) electrons. The maximum absolute atomic E-state index is 9.64. The maximum atomic E-state index is 9.64. The number of nitrogens with zero attached hydrogens (tertiary/aromatic N) is 1. The fraction of sp³-hybridized carbons (Fsp3) is 0.545. The molecule has 0 aromatic carbocycles. The highest BCUT2D eigenvalue weighted by Crippen LogP contribution is 2.23. The zero-order valence-electron chi connectivity index (χ0n) is 8.81. The molecule has 0 saturated heterocycles. The van der Waals surface area contributed by atoms with E-state index in [2.05, 4.69) is 10.3 Å². The highest BCUT2D eigenvalue weighted by molar-refractivity contribution is 5.43. The van der Waals surface area contributed by atoms with E-state index >= 15 is 0 Å². The Morgan fingerprint density at radius 1 is 1.47 bits per heavy atom. The van der Waals surface area contributed by atoms with Crippen LogP contribution in [0.5, 0.6) is 5.88 Å². The molecule has 1 fully saturated rings. The minimum Gasteiger partial charge on any atom is -0.481 e. The van der Waals surface area contributed by atoms with E-state index < -0.39 is 0 Å². The third kappa shape index (κ3) is 2.39. The Morgan fingerprint density at radius 2 is 2.33 bits per heavy atom. The Morgan fingerprint density at radius 3 is 2.87 bits per heavy atom. The van der Waals surface area contributed by atoms with Gasteiger partial charge in [-0.1, -0.05) is 0 Å². The largest absolute Gasteiger partial charge is 0.481 e. The van der Waals surface area contributed by atoms with Crippen molar-refractivity contribution in [1.82, 2.24) is 4.98 Å². The monoisotopic (exact) mass is 208 g/mol. The molecule has 1 heterocycles. The molecule has 0 amide bonds. The summed E-state index contributed by atoms with van der Waals surface area (Å²) in [5.74, 6) is 0.604. The van der Waals surface area contributed by atoms with Crippen LogP contribution < -0.4 is 10.1 Å². The first kappa shape index (κ1) is 10.2. The summed E-state index contributed by atoms with van der Waals surface area (Å²) in [6, 6.07) is 3.89. The van der Waals surface area contributed by atoms with Gasteiger partial charge < -0.3 is 15.2 Å². The van der Waals surface area contributed by atoms with Gasteiger partial charge in [0, 0.05) is 6.07 Å². The molecular weight excluding hydrogens is 192 g/mol. The van der Waals surface area contributed by atoms with Crippen molar-refractivity contribution in [3.8, 4) is 5.88 Å². The average molecular weight is 208 g/mol. The van der Waals surface area contributed by atoms with Crippen LogP contribution in [0.2, 0.25) is 0 Å². The lowest BCUT2D eigenvalue weighted by Crippen LogP contribution is -2.27. The molecule has 1 aromatic heterocycles. The van der Waals surface area contributed by atoms with E-state index in [4.69, 9.17) is 4.74 Å². The summed E-state index contributed by atoms with van der Waals surface area (Å²) >= 11 is 0. The number of pyridine rings is 1. The van der Waals surface area contributed by atoms with Gasteiger partial charge in [-0.05, 0) is 25.3 Å². The second kappa shape index (κ2) is 4.49. The number of aliphatic hydroxyl groups is 1. The van der Waals surface area contributed by atoms with Crippen molar-refractivity contribution in [3.05, 3.63) is 18.3 Å². The summed E-state index contributed by atoms with van der Waals surface area (Å²) in [6.07, 6.45) is 4.49. The molecule has 15 heavy (non-hydrogen) atoms. The Kier molecular flexibility index (Phi) is 3.06. The van der Waals surface area contributed by atoms with Gasteiger partial charge in [0.15, 0.2) is 0 Å². The Balaban J connectivity index is 1.98. The van der Waals surface area contributed by atoms with E-state index in [1.165, 1.54) is 0 Å². The van der Waals surface area contributed by atoms with Crippen molar-refractivity contribution in [2.45, 2.75) is 31.4 Å². The number of aliphatic hydroxyl groups excluding tert-OH is 1. The van der Waals surface area contributed by atoms with Crippen LogP contribution in [0.25, 0.3) is 0 Å². The number of anilines is 1. The number of hydrogen-bond acceptors (Lipinski definition) is 4. The molecular formula is C11H16N2O2. The molecule has 1 aromatic rings. The van der Waals surface area contributed by atoms with Gasteiger partial charge in [-0.25, -0.2) is 4.98 Å². The average Bonchev–Trinajstić information content (AvgIpc) is 2.66. The van der Waals surface area contributed by atoms with E-state index in [-0.39, 0.29) is 12.1 Å². The van der Waals surface area contributed by atoms with Crippen LogP contribution in [0.4, 0.5) is 5.69 Å². The van der Waals surface area contributed by atoms with Crippen LogP contribution in [0, 0.1) is 0 Å². The summed E-state index contributed by atoms with van der Waals surface area (Å²) in [5.41, 5.74) is 0.932. The number of rotatable bonds is 3. The first-order valence-electron chi connectivity index (χ1n) is 5.24. The van der Waals surface area contributed by atoms with Gasteiger partial charge >= 0.3 is 0 Å². The quantitative estimate of drug-likeness (QED) is 0.788. The first-order chi connectivity index (χ1) is 7.29. The van der Waals surface area contributed by atoms with E-state index in [1.807, 2.05) is 12.1 Å². The van der Waals surface area contributed by atoms with Gasteiger partial charge in [0.1, 0.15) is 0 Å². The van der Waals surface area contributed by atoms with Crippen LogP contribution in [-0.4, -0.2) is 29.3 Å². The Labute approximate surface area is 89.3 Å². The molecule has 0 unspecified atom stereocenters. The SMILES string of the molecule is COc1ccc(N[C@H]2CCC[C@@H]2O)cn1. The van der Waals surface area contributed by atoms with Crippen LogP contribution >= 0.6 is 0 Å². The molecule has 1 saturated carbocycles. The third-order valence-electron chi connectivity index (χ3n) is 2.78. The summed E-state index contributed by atoms with van der Waals surface area (Å²) in [6.45, 7) is 0. The van der Waals surface area contributed by atoms with Crippen LogP contribution in [0.1, 0.15) is 19.3 Å². The lowest BCUT2D eigenvalue weighted by atomic mass is 10.2. The lowest BCUT2D eigenvalue weighted by molar-refractivity contribution is 0.172. The van der Waals surface area contributed by atoms with Gasteiger partial charge in [0.2, 0.25) is 5.88 Å². The van der Waals surface area contributed by atoms with Gasteiger partial charge in [-0.15, -0.1) is 0 Å². The fourth-order valence-electron chi connectivity index (χ4n) is 1.91. The Bertz CT molecular complexity index is 313. The summed E-state index contributed by atoms with van der Waals surface area (Å²) in [5, 5.41) is 12.9. The minimum absolute atomic E-state index is 0.167. The molecule has 2 rings (SSSR count). The predicted molar refractivity (Wildman–Crippen MR) is 58.1 cm³/mol. The van der Waals surface area contributed by atoms with Gasteiger partial charge in [-0.2, -0.15) is 0 Å². The lowest BCUT2D eigenvalue weighted by Gasteiger charge is -2.17. The number of hydrogen-bond donors (Lipinski definition) is 2. The topological polar surface area (TPSA) is 54.4 Å². The molecule has 1 aliphatic carbocycles. The molecule has 0 aliphatic heterocycles. The summed E-state index contributed by atoms with van der Waals surface area (Å²) in [7, 11) is 1.59. The molecule has 2 N–H and O–H groups in total. The molecule has 4 nitrogen and oxygen atoms in total. The van der Waals surface area contributed by atoms with E-state index in [1.54, 1.807) is 13.3 Å². The van der Waals surface area contributed by atoms with Crippen molar-refractivity contribution in [2.24, 2.45) is 0 Å². The van der Waals surface area contributed by atoms with Gasteiger partial charge in [-0.3, -0.25) is 0 Å². The minimum atomic E-state index is -0.230. The van der Waals surface area contributed by atoms with Gasteiger partial charge in [0.25, 0.3) is 0 Å². The van der Waals surface area contributed by atoms with Crippen LogP contribution in [0.15, 0.2) is 18.3 Å². The summed E-state index contributed by atoms with van der Waals surface area (Å²) < 4.78 is 4.97. The standard InChI is InChI=1S/C11H16N2O2/c1-15-11-6-5-8(7-12-11)13-9-3-2-4-10(9)14/h5-7,9-10,13-14H,2-4H2,1H3/t9-,10-/m0/s1. The molecule has 4 heteroatoms. The fourth-order valence-corrected chi connectivity index (χ4v) is 1.91. The molecule has 0 spiro atoms. The third-order valence-corrected chi connectivity index (χ3v) is 2.78. The van der Waals surface area contributed by atoms with Crippen molar-refractivity contribution < 1.29 is 9.84 Å². The van der Waals surface area contributed by atoms with Crippen LogP contribution in [-0.2, 0) is 0 Å². The number of nitrogens with one attached hydrogen (secondary N) is 1. The number of methoxy groups -OCH3 is 1. The van der Waals surface area contributed by atoms with Gasteiger partial charge in [0.05, 0.1) is 31.1 Å². The first-order valence-corrected chi connectivity index (χ1v) is 5.24. The van der Waals surface area contributed by atoms with E-state index in [0.717, 1.165) is 24.9 Å². The second-order valence-corrected chi connectivity index (χ2v) is 3.84. The normalized spacial score (nSPS) is 25.2. The van der Waals surface area contributed by atoms with Crippen LogP contribution in [0.3, 0.4) is 0 Å². The molecule has 0 bridgehead atoms. The highest BCUT2D eigenvalue weighted by Gasteiger charge is 2.24. The zero-order chi connectivity index (χ0) is 10.7. The highest BCUT2D eigenvalue weighted by atomic mass is 16.5. The van der Waals surface area contributed by atoms with Crippen molar-refractivity contribution in [2.75, 3.05) is 12.4 Å². The Hall–Kier alpha value is -1.29. The zero-order valence-corrected chi connectivity index (χ0v) is 8.81. The second-order valence-electron chi connectivity index (χ2n) is 3.84. The molecule has 1 aliphatic rings. The van der Waals surface area contributed by atoms with Crippen molar-refractivity contribution in [3.63, 3.8) is 0 Å². The maximum Gasteiger partial charge on any atom is 0.213 e. The van der Waals surface area contributed by atoms with E-state index in [0.29, 0.717) is 5.88 Å². The van der Waals surface area contributed by atoms with Crippen molar-refractivity contribution >= 4 is 5.69 Å². The predicted octanol–water partition coefficient (Wildman–Crippen LogP) is 1.42. The molecule has 2 atom stereocenters. The smallest absolute Gasteiger partial charge is 0.213 e. The van der Waals surface area contributed by atoms with Crippen molar-refractivity contribution in [1.29, 1.82) is 0 Å². The molecule has 82 valence electrons. The van der Waals surface area contributed by atoms with E-state index in [9.17, 15) is 5.11 Å². The summed E-state index contributed by atoms with van der Waals surface area (Å²) in [4.78, 5) is 4.10. The number of ether oxygens (including phenoxy) is 1.